The molecule has 27 heavy (non-hydrogen) atoms. The fourth-order valence-electron chi connectivity index (χ4n) is 3.86. The van der Waals surface area contributed by atoms with E-state index in [4.69, 9.17) is 0 Å². The largest absolute Gasteiger partial charge is 0.480 e. The molecule has 0 radical (unpaired) electrons. The van der Waals surface area contributed by atoms with Crippen molar-refractivity contribution in [1.29, 1.82) is 0 Å². The molecule has 1 aliphatic heterocycles. The predicted molar refractivity (Wildman–Crippen MR) is 94.9 cm³/mol. The number of sulfonamides is 1. The number of hydrogen-bond acceptors (Lipinski definition) is 4. The van der Waals surface area contributed by atoms with Crippen molar-refractivity contribution < 1.29 is 27.5 Å². The highest BCUT2D eigenvalue weighted by molar-refractivity contribution is 7.89. The summed E-state index contributed by atoms with van der Waals surface area (Å²) in [5, 5.41) is 12.2. The van der Waals surface area contributed by atoms with E-state index in [2.05, 4.69) is 5.32 Å². The molecule has 2 fully saturated rings. The lowest BCUT2D eigenvalue weighted by Crippen LogP contribution is -2.55. The maximum absolute atomic E-state index is 13.9. The van der Waals surface area contributed by atoms with E-state index in [9.17, 15) is 27.5 Å². The van der Waals surface area contributed by atoms with Gasteiger partial charge in [0.05, 0.1) is 0 Å². The molecule has 0 atom stereocenters. The van der Waals surface area contributed by atoms with E-state index in [1.165, 1.54) is 22.5 Å². The average molecular weight is 398 g/mol. The molecule has 1 amide bonds. The number of aliphatic carboxylic acids is 1. The van der Waals surface area contributed by atoms with Crippen LogP contribution >= 0.6 is 0 Å². The highest BCUT2D eigenvalue weighted by Crippen LogP contribution is 2.31. The number of nitrogens with one attached hydrogen (secondary N) is 1. The summed E-state index contributed by atoms with van der Waals surface area (Å²) in [6.45, 7) is 0.184. The highest BCUT2D eigenvalue weighted by Gasteiger charge is 2.44. The molecular weight excluding hydrogens is 375 g/mol. The molecule has 148 valence electrons. The van der Waals surface area contributed by atoms with Crippen LogP contribution in [0.3, 0.4) is 0 Å². The Morgan fingerprint density at radius 1 is 1.15 bits per heavy atom. The van der Waals surface area contributed by atoms with Crippen LogP contribution in [0.2, 0.25) is 0 Å². The summed E-state index contributed by atoms with van der Waals surface area (Å²) < 4.78 is 40.3. The van der Waals surface area contributed by atoms with Gasteiger partial charge in [-0.3, -0.25) is 4.79 Å². The Balaban J connectivity index is 1.64. The minimum atomic E-state index is -3.96. The number of amides is 1. The molecule has 1 aromatic carbocycles. The van der Waals surface area contributed by atoms with Crippen LogP contribution in [0.4, 0.5) is 4.39 Å². The molecule has 7 nitrogen and oxygen atoms in total. The number of hydrogen-bond donors (Lipinski definition) is 2. The van der Waals surface area contributed by atoms with E-state index >= 15 is 0 Å². The summed E-state index contributed by atoms with van der Waals surface area (Å²) in [6.07, 6.45) is 2.88. The molecule has 1 saturated carbocycles. The topological polar surface area (TPSA) is 104 Å². The number of nitrogens with zero attached hydrogens (tertiary/aromatic N) is 1. The van der Waals surface area contributed by atoms with Gasteiger partial charge in [0.2, 0.25) is 15.9 Å². The van der Waals surface area contributed by atoms with Gasteiger partial charge in [0, 0.05) is 19.0 Å². The zero-order chi connectivity index (χ0) is 19.7. The Bertz CT molecular complexity index is 828. The monoisotopic (exact) mass is 398 g/mol. The SMILES string of the molecule is O=C(NC1(C(=O)O)CCCC1)C1CCN(S(=O)(=O)c2ccccc2F)CC1. The van der Waals surface area contributed by atoms with Crippen molar-refractivity contribution in [3.8, 4) is 0 Å². The molecule has 0 spiro atoms. The first-order valence-corrected chi connectivity index (χ1v) is 10.5. The van der Waals surface area contributed by atoms with E-state index in [1.54, 1.807) is 0 Å². The number of rotatable bonds is 5. The van der Waals surface area contributed by atoms with Gasteiger partial charge in [0.15, 0.2) is 0 Å². The van der Waals surface area contributed by atoms with Crippen LogP contribution in [-0.4, -0.2) is 48.3 Å². The number of piperidine rings is 1. The maximum atomic E-state index is 13.9. The lowest BCUT2D eigenvalue weighted by atomic mass is 9.92. The first-order chi connectivity index (χ1) is 12.8. The second-order valence-electron chi connectivity index (χ2n) is 7.19. The third kappa shape index (κ3) is 3.84. The summed E-state index contributed by atoms with van der Waals surface area (Å²) in [6, 6.07) is 5.20. The second kappa shape index (κ2) is 7.55. The molecule has 3 rings (SSSR count). The van der Waals surface area contributed by atoms with Crippen LogP contribution in [-0.2, 0) is 19.6 Å². The van der Waals surface area contributed by atoms with Gasteiger partial charge in [0.25, 0.3) is 0 Å². The van der Waals surface area contributed by atoms with Crippen LogP contribution in [0, 0.1) is 11.7 Å². The van der Waals surface area contributed by atoms with Gasteiger partial charge in [-0.2, -0.15) is 4.31 Å². The van der Waals surface area contributed by atoms with E-state index in [0.29, 0.717) is 12.8 Å². The van der Waals surface area contributed by atoms with Crippen LogP contribution < -0.4 is 5.32 Å². The predicted octanol–water partition coefficient (Wildman–Crippen LogP) is 1.74. The zero-order valence-corrected chi connectivity index (χ0v) is 15.7. The fraction of sp³-hybridized carbons (Fsp3) is 0.556. The molecule has 9 heteroatoms. The Hall–Kier alpha value is -2.00. The molecular formula is C18H23FN2O5S. The Morgan fingerprint density at radius 2 is 1.74 bits per heavy atom. The Labute approximate surface area is 157 Å². The molecule has 1 aliphatic carbocycles. The van der Waals surface area contributed by atoms with Gasteiger partial charge in [-0.25, -0.2) is 17.6 Å². The normalized spacial score (nSPS) is 21.1. The van der Waals surface area contributed by atoms with Gasteiger partial charge in [-0.1, -0.05) is 25.0 Å². The summed E-state index contributed by atoms with van der Waals surface area (Å²) in [7, 11) is -3.96. The number of benzene rings is 1. The van der Waals surface area contributed by atoms with E-state index in [1.807, 2.05) is 0 Å². The minimum Gasteiger partial charge on any atom is -0.480 e. The van der Waals surface area contributed by atoms with Gasteiger partial charge < -0.3 is 10.4 Å². The molecule has 0 aromatic heterocycles. The average Bonchev–Trinajstić information content (AvgIpc) is 3.12. The maximum Gasteiger partial charge on any atom is 0.329 e. The van der Waals surface area contributed by atoms with Crippen LogP contribution in [0.25, 0.3) is 0 Å². The van der Waals surface area contributed by atoms with Gasteiger partial charge in [0.1, 0.15) is 16.3 Å². The standard InChI is InChI=1S/C18H23FN2O5S/c19-14-5-1-2-6-15(14)27(25,26)21-11-7-13(8-12-21)16(22)20-18(17(23)24)9-3-4-10-18/h1-2,5-6,13H,3-4,7-12H2,(H,20,22)(H,23,24). The van der Waals surface area contributed by atoms with Crippen molar-refractivity contribution in [3.05, 3.63) is 30.1 Å². The van der Waals surface area contributed by atoms with Crippen LogP contribution in [0.5, 0.6) is 0 Å². The summed E-state index contributed by atoms with van der Waals surface area (Å²) in [4.78, 5) is 23.7. The lowest BCUT2D eigenvalue weighted by molar-refractivity contribution is -0.148. The third-order valence-corrected chi connectivity index (χ3v) is 7.44. The molecule has 0 unspecified atom stereocenters. The number of halogens is 1. The number of carboxylic acids is 1. The number of carbonyl (C=O) groups is 2. The molecule has 2 aliphatic rings. The van der Waals surface area contributed by atoms with Crippen LogP contribution in [0.1, 0.15) is 38.5 Å². The van der Waals surface area contributed by atoms with Crippen LogP contribution in [0.15, 0.2) is 29.2 Å². The minimum absolute atomic E-state index is 0.0921. The van der Waals surface area contributed by atoms with Gasteiger partial charge >= 0.3 is 5.97 Å². The second-order valence-corrected chi connectivity index (χ2v) is 9.10. The molecule has 1 aromatic rings. The fourth-order valence-corrected chi connectivity index (χ4v) is 5.39. The van der Waals surface area contributed by atoms with Crippen molar-refractivity contribution >= 4 is 21.9 Å². The van der Waals surface area contributed by atoms with E-state index in [0.717, 1.165) is 18.9 Å². The van der Waals surface area contributed by atoms with Gasteiger partial charge in [-0.15, -0.1) is 0 Å². The quantitative estimate of drug-likeness (QED) is 0.786. The highest BCUT2D eigenvalue weighted by atomic mass is 32.2. The van der Waals surface area contributed by atoms with Gasteiger partial charge in [-0.05, 0) is 37.8 Å². The smallest absolute Gasteiger partial charge is 0.329 e. The molecule has 1 saturated heterocycles. The summed E-state index contributed by atoms with van der Waals surface area (Å²) >= 11 is 0. The number of carbonyl (C=O) groups excluding carboxylic acids is 1. The van der Waals surface area contributed by atoms with Crippen molar-refractivity contribution in [2.45, 2.75) is 49.0 Å². The van der Waals surface area contributed by atoms with Crippen molar-refractivity contribution in [2.24, 2.45) is 5.92 Å². The first-order valence-electron chi connectivity index (χ1n) is 9.06. The summed E-state index contributed by atoms with van der Waals surface area (Å²) in [5.41, 5.74) is -1.20. The third-order valence-electron chi connectivity index (χ3n) is 5.51. The van der Waals surface area contributed by atoms with E-state index < -0.39 is 33.3 Å². The molecule has 0 bridgehead atoms. The number of carboxylic acid groups (broad SMARTS) is 1. The zero-order valence-electron chi connectivity index (χ0n) is 14.9. The molecule has 2 N–H and O–H groups in total. The lowest BCUT2D eigenvalue weighted by Gasteiger charge is -2.33. The first kappa shape index (κ1) is 19.8. The van der Waals surface area contributed by atoms with E-state index in [-0.39, 0.29) is 36.7 Å². The van der Waals surface area contributed by atoms with Crippen molar-refractivity contribution in [2.75, 3.05) is 13.1 Å². The Morgan fingerprint density at radius 3 is 2.30 bits per heavy atom. The van der Waals surface area contributed by atoms with Crippen molar-refractivity contribution in [1.82, 2.24) is 9.62 Å². The van der Waals surface area contributed by atoms with Crippen molar-refractivity contribution in [3.63, 3.8) is 0 Å². The molecule has 1 heterocycles. The summed E-state index contributed by atoms with van der Waals surface area (Å²) in [5.74, 6) is -2.62. The Kier molecular flexibility index (Phi) is 5.53.